The molecule has 3 atom stereocenters. The maximum atomic E-state index is 10.6. The fourth-order valence-corrected chi connectivity index (χ4v) is 5.98. The molecule has 6 rings (SSSR count). The van der Waals surface area contributed by atoms with Crippen LogP contribution in [0.5, 0.6) is 5.75 Å². The summed E-state index contributed by atoms with van der Waals surface area (Å²) in [5, 5.41) is 27.1. The Bertz CT molecular complexity index is 1150. The van der Waals surface area contributed by atoms with Gasteiger partial charge >= 0.3 is 0 Å². The minimum Gasteiger partial charge on any atom is -0.506 e. The lowest BCUT2D eigenvalue weighted by Crippen LogP contribution is -2.46. The highest BCUT2D eigenvalue weighted by Crippen LogP contribution is 2.37. The predicted octanol–water partition coefficient (Wildman–Crippen LogP) is 3.90. The number of phenols is 1. The highest BCUT2D eigenvalue weighted by molar-refractivity contribution is 7.22. The van der Waals surface area contributed by atoms with Gasteiger partial charge in [-0.05, 0) is 43.4 Å². The first-order valence-electron chi connectivity index (χ1n) is 10.4. The normalized spacial score (nSPS) is 23.3. The van der Waals surface area contributed by atoms with Gasteiger partial charge < -0.3 is 15.3 Å². The minimum absolute atomic E-state index is 0.200. The third kappa shape index (κ3) is 2.98. The quantitative estimate of drug-likeness (QED) is 0.466. The molecule has 0 radical (unpaired) electrons. The standard InChI is InChI=1S/C22H24N6OS/c1-27(17-7-15-3-4-16(8-17)25-15)22-9-18-21(30-22)12-28(26-18)19-5-2-13(6-20(19)29)14-10-23-24-11-14/h2,5-6,9-12,15-17,25,29H,3-4,7-8H2,1H3,(H,23,24)/t15-,16+,17?. The molecule has 5 heterocycles. The third-order valence-electron chi connectivity index (χ3n) is 6.58. The number of nitrogens with zero attached hydrogens (tertiary/aromatic N) is 4. The Kier molecular flexibility index (Phi) is 4.10. The van der Waals surface area contributed by atoms with Crippen LogP contribution in [0.3, 0.4) is 0 Å². The molecule has 3 aromatic heterocycles. The summed E-state index contributed by atoms with van der Waals surface area (Å²) < 4.78 is 2.90. The molecule has 2 aliphatic rings. The Morgan fingerprint density at radius 3 is 2.70 bits per heavy atom. The van der Waals surface area contributed by atoms with Crippen molar-refractivity contribution in [2.24, 2.45) is 0 Å². The number of rotatable bonds is 4. The van der Waals surface area contributed by atoms with E-state index in [0.29, 0.717) is 23.8 Å². The number of anilines is 1. The Morgan fingerprint density at radius 2 is 2.00 bits per heavy atom. The lowest BCUT2D eigenvalue weighted by Gasteiger charge is -2.36. The van der Waals surface area contributed by atoms with Crippen LogP contribution in [0.15, 0.2) is 42.9 Å². The van der Waals surface area contributed by atoms with Crippen molar-refractivity contribution >= 4 is 26.6 Å². The number of phenolic OH excluding ortho intramolecular Hbond substituents is 1. The van der Waals surface area contributed by atoms with Crippen molar-refractivity contribution in [3.8, 4) is 22.6 Å². The molecule has 2 bridgehead atoms. The summed E-state index contributed by atoms with van der Waals surface area (Å²) in [5.74, 6) is 0.200. The summed E-state index contributed by atoms with van der Waals surface area (Å²) in [6.07, 6.45) is 10.6. The Balaban J connectivity index is 1.26. The van der Waals surface area contributed by atoms with Gasteiger partial charge in [-0.25, -0.2) is 4.68 Å². The number of thiophene rings is 1. The number of piperidine rings is 1. The Morgan fingerprint density at radius 1 is 1.17 bits per heavy atom. The van der Waals surface area contributed by atoms with Crippen molar-refractivity contribution in [1.29, 1.82) is 0 Å². The van der Waals surface area contributed by atoms with Gasteiger partial charge in [-0.2, -0.15) is 10.2 Å². The molecule has 30 heavy (non-hydrogen) atoms. The second kappa shape index (κ2) is 6.85. The number of aromatic hydroxyl groups is 1. The highest BCUT2D eigenvalue weighted by Gasteiger charge is 2.35. The minimum atomic E-state index is 0.200. The van der Waals surface area contributed by atoms with E-state index in [1.165, 1.54) is 30.7 Å². The fourth-order valence-electron chi connectivity index (χ4n) is 4.94. The van der Waals surface area contributed by atoms with E-state index < -0.39 is 0 Å². The van der Waals surface area contributed by atoms with Crippen molar-refractivity contribution in [3.05, 3.63) is 42.9 Å². The number of H-pyrrole nitrogens is 1. The zero-order valence-corrected chi connectivity index (χ0v) is 17.6. The van der Waals surface area contributed by atoms with Gasteiger partial charge in [-0.1, -0.05) is 6.07 Å². The van der Waals surface area contributed by atoms with Gasteiger partial charge in [-0.15, -0.1) is 11.3 Å². The second-order valence-corrected chi connectivity index (χ2v) is 9.53. The van der Waals surface area contributed by atoms with Gasteiger partial charge in [0, 0.05) is 49.2 Å². The van der Waals surface area contributed by atoms with E-state index in [2.05, 4.69) is 33.5 Å². The lowest BCUT2D eigenvalue weighted by molar-refractivity contribution is 0.355. The smallest absolute Gasteiger partial charge is 0.141 e. The first-order chi connectivity index (χ1) is 14.6. The van der Waals surface area contributed by atoms with Gasteiger partial charge in [0.25, 0.3) is 0 Å². The number of hydrogen-bond acceptors (Lipinski definition) is 6. The number of benzene rings is 1. The molecular formula is C22H24N6OS. The van der Waals surface area contributed by atoms with Crippen LogP contribution in [0.2, 0.25) is 0 Å². The molecule has 0 amide bonds. The molecule has 0 saturated carbocycles. The summed E-state index contributed by atoms with van der Waals surface area (Å²) in [6.45, 7) is 0. The zero-order chi connectivity index (χ0) is 20.2. The second-order valence-electron chi connectivity index (χ2n) is 8.47. The molecule has 154 valence electrons. The largest absolute Gasteiger partial charge is 0.506 e. The van der Waals surface area contributed by atoms with Crippen molar-refractivity contribution in [2.75, 3.05) is 11.9 Å². The van der Waals surface area contributed by atoms with Crippen LogP contribution in [-0.4, -0.2) is 50.3 Å². The summed E-state index contributed by atoms with van der Waals surface area (Å²) in [6, 6.07) is 9.76. The average molecular weight is 421 g/mol. The van der Waals surface area contributed by atoms with Crippen LogP contribution >= 0.6 is 11.3 Å². The summed E-state index contributed by atoms with van der Waals surface area (Å²) in [7, 11) is 2.22. The maximum absolute atomic E-state index is 10.6. The SMILES string of the molecule is CN(c1cc2nn(-c3ccc(-c4cn[nH]c4)cc3O)cc2s1)C1C[C@H]2CC[C@@H](C1)N2. The molecule has 1 unspecified atom stereocenters. The van der Waals surface area contributed by atoms with E-state index in [0.717, 1.165) is 21.3 Å². The molecule has 8 heteroatoms. The lowest BCUT2D eigenvalue weighted by atomic mass is 9.99. The van der Waals surface area contributed by atoms with E-state index in [1.54, 1.807) is 28.3 Å². The van der Waals surface area contributed by atoms with Crippen LogP contribution in [0.4, 0.5) is 5.00 Å². The molecule has 3 N–H and O–H groups in total. The highest BCUT2D eigenvalue weighted by atomic mass is 32.1. The molecule has 0 spiro atoms. The van der Waals surface area contributed by atoms with Crippen LogP contribution in [0.25, 0.3) is 27.0 Å². The monoisotopic (exact) mass is 420 g/mol. The van der Waals surface area contributed by atoms with Crippen LogP contribution in [0, 0.1) is 0 Å². The predicted molar refractivity (Wildman–Crippen MR) is 120 cm³/mol. The van der Waals surface area contributed by atoms with E-state index in [9.17, 15) is 5.11 Å². The number of hydrogen-bond donors (Lipinski definition) is 3. The number of nitrogens with one attached hydrogen (secondary N) is 2. The van der Waals surface area contributed by atoms with E-state index >= 15 is 0 Å². The molecule has 2 saturated heterocycles. The zero-order valence-electron chi connectivity index (χ0n) is 16.7. The van der Waals surface area contributed by atoms with Crippen LogP contribution < -0.4 is 10.2 Å². The first kappa shape index (κ1) is 18.0. The van der Waals surface area contributed by atoms with E-state index in [4.69, 9.17) is 5.10 Å². The molecule has 1 aromatic carbocycles. The number of fused-ring (bicyclic) bond motifs is 3. The van der Waals surface area contributed by atoms with Gasteiger partial charge in [0.05, 0.1) is 15.9 Å². The van der Waals surface area contributed by atoms with Crippen molar-refractivity contribution < 1.29 is 5.11 Å². The van der Waals surface area contributed by atoms with Crippen molar-refractivity contribution in [2.45, 2.75) is 43.8 Å². The van der Waals surface area contributed by atoms with Crippen molar-refractivity contribution in [3.63, 3.8) is 0 Å². The molecule has 4 aromatic rings. The molecular weight excluding hydrogens is 396 g/mol. The molecule has 7 nitrogen and oxygen atoms in total. The summed E-state index contributed by atoms with van der Waals surface area (Å²) >= 11 is 1.77. The third-order valence-corrected chi connectivity index (χ3v) is 7.73. The maximum Gasteiger partial charge on any atom is 0.141 e. The number of aromatic amines is 1. The summed E-state index contributed by atoms with van der Waals surface area (Å²) in [5.41, 5.74) is 3.50. The fraction of sp³-hybridized carbons (Fsp3) is 0.364. The molecule has 2 aliphatic heterocycles. The first-order valence-corrected chi connectivity index (χ1v) is 11.3. The Labute approximate surface area is 178 Å². The summed E-state index contributed by atoms with van der Waals surface area (Å²) in [4.78, 5) is 2.44. The molecule has 0 aliphatic carbocycles. The Hall–Kier alpha value is -2.84. The van der Waals surface area contributed by atoms with Crippen LogP contribution in [0.1, 0.15) is 25.7 Å². The topological polar surface area (TPSA) is 82.0 Å². The van der Waals surface area contributed by atoms with E-state index in [1.807, 2.05) is 24.5 Å². The van der Waals surface area contributed by atoms with Gasteiger partial charge in [0.2, 0.25) is 0 Å². The molecule has 2 fully saturated rings. The average Bonchev–Trinajstić information content (AvgIpc) is 3.51. The van der Waals surface area contributed by atoms with Crippen LogP contribution in [-0.2, 0) is 0 Å². The van der Waals surface area contributed by atoms with E-state index in [-0.39, 0.29) is 5.75 Å². The van der Waals surface area contributed by atoms with Gasteiger partial charge in [-0.3, -0.25) is 5.10 Å². The number of aromatic nitrogens is 4. The van der Waals surface area contributed by atoms with Crippen molar-refractivity contribution in [1.82, 2.24) is 25.3 Å². The van der Waals surface area contributed by atoms with Gasteiger partial charge in [0.15, 0.2) is 0 Å². The van der Waals surface area contributed by atoms with Gasteiger partial charge in [0.1, 0.15) is 17.0 Å².